The van der Waals surface area contributed by atoms with Gasteiger partial charge < -0.3 is 4.74 Å². The second kappa shape index (κ2) is 7.28. The molecule has 2 aromatic rings. The highest BCUT2D eigenvalue weighted by Crippen LogP contribution is 2.25. The van der Waals surface area contributed by atoms with Gasteiger partial charge in [-0.3, -0.25) is 0 Å². The Hall–Kier alpha value is -2.56. The van der Waals surface area contributed by atoms with E-state index >= 15 is 0 Å². The number of halogens is 1. The third-order valence-electron chi connectivity index (χ3n) is 2.79. The van der Waals surface area contributed by atoms with Gasteiger partial charge in [0.1, 0.15) is 11.8 Å². The Kier molecular flexibility index (Phi) is 5.15. The standard InChI is InChI=1S/C17H11BrN2O/c18-16-7-5-13(6-8-16)15(12-20)11-14-3-1-2-4-17(14)21-10-9-19/h1-8,11H,10H2/b15-11-. The fourth-order valence-corrected chi connectivity index (χ4v) is 2.07. The summed E-state index contributed by atoms with van der Waals surface area (Å²) < 4.78 is 6.32. The predicted octanol–water partition coefficient (Wildman–Crippen LogP) is 4.42. The highest BCUT2D eigenvalue weighted by Gasteiger charge is 2.05. The van der Waals surface area contributed by atoms with Gasteiger partial charge in [-0.25, -0.2) is 0 Å². The van der Waals surface area contributed by atoms with Crippen LogP contribution in [0.1, 0.15) is 11.1 Å². The van der Waals surface area contributed by atoms with Crippen LogP contribution in [0.25, 0.3) is 11.6 Å². The topological polar surface area (TPSA) is 56.8 Å². The van der Waals surface area contributed by atoms with Crippen molar-refractivity contribution in [1.82, 2.24) is 0 Å². The van der Waals surface area contributed by atoms with Gasteiger partial charge in [-0.1, -0.05) is 46.3 Å². The molecule has 0 bridgehead atoms. The lowest BCUT2D eigenvalue weighted by Crippen LogP contribution is -1.95. The molecule has 21 heavy (non-hydrogen) atoms. The molecule has 0 radical (unpaired) electrons. The summed E-state index contributed by atoms with van der Waals surface area (Å²) in [5, 5.41) is 18.0. The van der Waals surface area contributed by atoms with Crippen molar-refractivity contribution in [1.29, 1.82) is 10.5 Å². The van der Waals surface area contributed by atoms with Gasteiger partial charge in [-0.15, -0.1) is 0 Å². The van der Waals surface area contributed by atoms with Gasteiger partial charge in [0.05, 0.1) is 11.6 Å². The van der Waals surface area contributed by atoms with Crippen LogP contribution in [0.15, 0.2) is 53.0 Å². The first-order chi connectivity index (χ1) is 10.2. The molecule has 0 heterocycles. The van der Waals surface area contributed by atoms with E-state index in [1.54, 1.807) is 12.1 Å². The van der Waals surface area contributed by atoms with E-state index in [1.165, 1.54) is 0 Å². The molecule has 102 valence electrons. The maximum Gasteiger partial charge on any atom is 0.174 e. The number of rotatable bonds is 4. The maximum atomic E-state index is 9.35. The Morgan fingerprint density at radius 1 is 1.10 bits per heavy atom. The first kappa shape index (κ1) is 14.8. The third kappa shape index (κ3) is 3.95. The second-order valence-corrected chi connectivity index (χ2v) is 5.08. The van der Waals surface area contributed by atoms with E-state index in [0.717, 1.165) is 15.6 Å². The zero-order chi connectivity index (χ0) is 15.1. The van der Waals surface area contributed by atoms with Gasteiger partial charge in [-0.05, 0) is 29.8 Å². The van der Waals surface area contributed by atoms with Gasteiger partial charge in [-0.2, -0.15) is 10.5 Å². The van der Waals surface area contributed by atoms with E-state index in [1.807, 2.05) is 48.5 Å². The van der Waals surface area contributed by atoms with E-state index in [4.69, 9.17) is 10.00 Å². The number of nitriles is 2. The number of hydrogen-bond acceptors (Lipinski definition) is 3. The minimum atomic E-state index is -0.0228. The minimum Gasteiger partial charge on any atom is -0.478 e. The molecular weight excluding hydrogens is 328 g/mol. The highest BCUT2D eigenvalue weighted by molar-refractivity contribution is 9.10. The summed E-state index contributed by atoms with van der Waals surface area (Å²) in [7, 11) is 0. The maximum absolute atomic E-state index is 9.35. The molecule has 0 aliphatic rings. The SMILES string of the molecule is N#CCOc1ccccc1/C=C(/C#N)c1ccc(Br)cc1. The first-order valence-electron chi connectivity index (χ1n) is 6.21. The van der Waals surface area contributed by atoms with Crippen LogP contribution in [0.2, 0.25) is 0 Å². The van der Waals surface area contributed by atoms with Gasteiger partial charge in [0, 0.05) is 10.0 Å². The fraction of sp³-hybridized carbons (Fsp3) is 0.0588. The molecule has 0 fully saturated rings. The average Bonchev–Trinajstić information content (AvgIpc) is 2.52. The van der Waals surface area contributed by atoms with Gasteiger partial charge in [0.25, 0.3) is 0 Å². The Morgan fingerprint density at radius 2 is 1.81 bits per heavy atom. The van der Waals surface area contributed by atoms with E-state index in [0.29, 0.717) is 11.3 Å². The molecule has 0 atom stereocenters. The summed E-state index contributed by atoms with van der Waals surface area (Å²) in [5.74, 6) is 0.587. The molecule has 2 rings (SSSR count). The molecule has 3 nitrogen and oxygen atoms in total. The van der Waals surface area contributed by atoms with Crippen LogP contribution in [-0.2, 0) is 0 Å². The lowest BCUT2D eigenvalue weighted by atomic mass is 10.0. The monoisotopic (exact) mass is 338 g/mol. The van der Waals surface area contributed by atoms with Crippen LogP contribution in [0, 0.1) is 22.7 Å². The largest absolute Gasteiger partial charge is 0.478 e. The van der Waals surface area contributed by atoms with Crippen molar-refractivity contribution in [2.45, 2.75) is 0 Å². The van der Waals surface area contributed by atoms with Crippen molar-refractivity contribution in [2.75, 3.05) is 6.61 Å². The van der Waals surface area contributed by atoms with Crippen LogP contribution in [0.4, 0.5) is 0 Å². The number of benzene rings is 2. The number of allylic oxidation sites excluding steroid dienone is 1. The van der Waals surface area contributed by atoms with Gasteiger partial charge in [0.2, 0.25) is 0 Å². The number of para-hydroxylation sites is 1. The van der Waals surface area contributed by atoms with Crippen LogP contribution >= 0.6 is 15.9 Å². The molecule has 0 aromatic heterocycles. The zero-order valence-electron chi connectivity index (χ0n) is 11.1. The van der Waals surface area contributed by atoms with E-state index in [-0.39, 0.29) is 6.61 Å². The summed E-state index contributed by atoms with van der Waals surface area (Å²) >= 11 is 3.37. The van der Waals surface area contributed by atoms with E-state index in [2.05, 4.69) is 22.0 Å². The summed E-state index contributed by atoms with van der Waals surface area (Å²) in [4.78, 5) is 0. The second-order valence-electron chi connectivity index (χ2n) is 4.16. The molecule has 0 saturated heterocycles. The molecule has 0 unspecified atom stereocenters. The third-order valence-corrected chi connectivity index (χ3v) is 3.32. The molecule has 2 aromatic carbocycles. The van der Waals surface area contributed by atoms with Crippen molar-refractivity contribution in [3.63, 3.8) is 0 Å². The Morgan fingerprint density at radius 3 is 2.48 bits per heavy atom. The normalized spacial score (nSPS) is 10.5. The average molecular weight is 339 g/mol. The molecular formula is C17H11BrN2O. The zero-order valence-corrected chi connectivity index (χ0v) is 12.7. The van der Waals surface area contributed by atoms with E-state index < -0.39 is 0 Å². The fourth-order valence-electron chi connectivity index (χ4n) is 1.81. The van der Waals surface area contributed by atoms with Crippen LogP contribution in [0.3, 0.4) is 0 Å². The Labute approximate surface area is 131 Å². The molecule has 0 aliphatic heterocycles. The molecule has 0 spiro atoms. The van der Waals surface area contributed by atoms with E-state index in [9.17, 15) is 5.26 Å². The quantitative estimate of drug-likeness (QED) is 0.612. The highest BCUT2D eigenvalue weighted by atomic mass is 79.9. The molecule has 0 N–H and O–H groups in total. The lowest BCUT2D eigenvalue weighted by Gasteiger charge is -2.06. The summed E-state index contributed by atoms with van der Waals surface area (Å²) in [6, 6.07) is 19.0. The van der Waals surface area contributed by atoms with Crippen molar-refractivity contribution in [3.05, 3.63) is 64.1 Å². The van der Waals surface area contributed by atoms with Gasteiger partial charge in [0.15, 0.2) is 6.61 Å². The van der Waals surface area contributed by atoms with Crippen LogP contribution in [0.5, 0.6) is 5.75 Å². The van der Waals surface area contributed by atoms with Crippen molar-refractivity contribution < 1.29 is 4.74 Å². The molecule has 0 aliphatic carbocycles. The van der Waals surface area contributed by atoms with Crippen LogP contribution < -0.4 is 4.74 Å². The predicted molar refractivity (Wildman–Crippen MR) is 85.2 cm³/mol. The number of nitrogens with zero attached hydrogens (tertiary/aromatic N) is 2. The van der Waals surface area contributed by atoms with Crippen molar-refractivity contribution in [3.8, 4) is 17.9 Å². The summed E-state index contributed by atoms with van der Waals surface area (Å²) in [6.07, 6.45) is 1.76. The smallest absolute Gasteiger partial charge is 0.174 e. The van der Waals surface area contributed by atoms with Crippen molar-refractivity contribution in [2.24, 2.45) is 0 Å². The Bertz CT molecular complexity index is 737. The molecule has 0 amide bonds. The Balaban J connectivity index is 2.39. The first-order valence-corrected chi connectivity index (χ1v) is 7.00. The lowest BCUT2D eigenvalue weighted by molar-refractivity contribution is 0.367. The van der Waals surface area contributed by atoms with Crippen molar-refractivity contribution >= 4 is 27.6 Å². The number of hydrogen-bond donors (Lipinski definition) is 0. The molecule has 0 saturated carbocycles. The number of ether oxygens (including phenoxy) is 1. The summed E-state index contributed by atoms with van der Waals surface area (Å²) in [5.41, 5.74) is 2.14. The summed E-state index contributed by atoms with van der Waals surface area (Å²) in [6.45, 7) is -0.0228. The minimum absolute atomic E-state index is 0.0228. The van der Waals surface area contributed by atoms with Crippen LogP contribution in [-0.4, -0.2) is 6.61 Å². The van der Waals surface area contributed by atoms with Gasteiger partial charge >= 0.3 is 0 Å². The molecule has 4 heteroatoms.